The molecule has 0 spiro atoms. The first kappa shape index (κ1) is 16.4. The first-order valence-corrected chi connectivity index (χ1v) is 8.28. The second-order valence-corrected chi connectivity index (χ2v) is 5.92. The van der Waals surface area contributed by atoms with Crippen molar-refractivity contribution in [1.29, 1.82) is 0 Å². The number of benzene rings is 1. The van der Waals surface area contributed by atoms with Crippen LogP contribution in [0, 0.1) is 0 Å². The third-order valence-corrected chi connectivity index (χ3v) is 3.94. The maximum atomic E-state index is 11.3. The molecule has 0 heterocycles. The van der Waals surface area contributed by atoms with Crippen LogP contribution in [0.2, 0.25) is 0 Å². The Kier molecular flexibility index (Phi) is 6.21. The molecule has 0 fully saturated rings. The molecule has 5 heteroatoms. The molecule has 1 unspecified atom stereocenters. The number of hydrogen-bond acceptors (Lipinski definition) is 2. The Morgan fingerprint density at radius 2 is 1.79 bits per heavy atom. The van der Waals surface area contributed by atoms with Crippen LogP contribution in [0.25, 0.3) is 0 Å². The van der Waals surface area contributed by atoms with Gasteiger partial charge in [0, 0.05) is 0 Å². The van der Waals surface area contributed by atoms with Crippen molar-refractivity contribution in [1.82, 2.24) is 0 Å². The highest BCUT2D eigenvalue weighted by molar-refractivity contribution is 7.46. The Balaban J connectivity index is 3.03. The lowest BCUT2D eigenvalue weighted by atomic mass is 9.86. The molecular weight excluding hydrogens is 263 g/mol. The van der Waals surface area contributed by atoms with Crippen LogP contribution in [0.4, 0.5) is 0 Å². The molecule has 1 aromatic rings. The molecule has 0 aromatic heterocycles. The second-order valence-electron chi connectivity index (χ2n) is 4.75. The minimum Gasteiger partial charge on any atom is -0.303 e. The number of hydrogen-bond donors (Lipinski definition) is 2. The summed E-state index contributed by atoms with van der Waals surface area (Å²) in [6.45, 7) is 3.99. The van der Waals surface area contributed by atoms with E-state index in [4.69, 9.17) is 4.52 Å². The Morgan fingerprint density at radius 3 is 2.26 bits per heavy atom. The average molecular weight is 286 g/mol. The summed E-state index contributed by atoms with van der Waals surface area (Å²) in [5.74, 6) is 0. The van der Waals surface area contributed by atoms with Crippen molar-refractivity contribution in [2.45, 2.75) is 51.6 Å². The Bertz CT molecular complexity index is 415. The summed E-state index contributed by atoms with van der Waals surface area (Å²) in [5.41, 5.74) is -0.0629. The third kappa shape index (κ3) is 5.07. The lowest BCUT2D eigenvalue weighted by Crippen LogP contribution is -2.28. The minimum atomic E-state index is -4.52. The highest BCUT2D eigenvalue weighted by Gasteiger charge is 2.37. The Hall–Kier alpha value is -0.670. The average Bonchev–Trinajstić information content (AvgIpc) is 2.37. The summed E-state index contributed by atoms with van der Waals surface area (Å²) in [6, 6.07) is 9.34. The summed E-state index contributed by atoms with van der Waals surface area (Å²) in [5, 5.41) is 0. The van der Waals surface area contributed by atoms with E-state index in [2.05, 4.69) is 6.92 Å². The van der Waals surface area contributed by atoms with Gasteiger partial charge in [-0.05, 0) is 18.4 Å². The molecule has 1 rings (SSSR count). The molecule has 0 aliphatic heterocycles. The summed E-state index contributed by atoms with van der Waals surface area (Å²) in [4.78, 5) is 18.4. The van der Waals surface area contributed by atoms with E-state index in [1.165, 1.54) is 0 Å². The fourth-order valence-corrected chi connectivity index (χ4v) is 3.10. The van der Waals surface area contributed by atoms with Gasteiger partial charge in [-0.15, -0.1) is 0 Å². The monoisotopic (exact) mass is 286 g/mol. The third-order valence-electron chi connectivity index (χ3n) is 3.35. The van der Waals surface area contributed by atoms with Gasteiger partial charge in [-0.2, -0.15) is 0 Å². The molecule has 0 amide bonds. The van der Waals surface area contributed by atoms with Crippen molar-refractivity contribution in [3.05, 3.63) is 35.9 Å². The fraction of sp³-hybridized carbons (Fsp3) is 0.571. The van der Waals surface area contributed by atoms with Crippen LogP contribution in [0.5, 0.6) is 0 Å². The molecule has 19 heavy (non-hydrogen) atoms. The maximum absolute atomic E-state index is 11.3. The standard InChI is InChI=1S/C14H23O4P/c1-3-5-9-12-14(4-2,18-19(15,16)17)13-10-7-6-8-11-13/h6-8,10-11H,3-5,9,12H2,1-2H3,(H2,15,16,17). The molecule has 1 aromatic carbocycles. The van der Waals surface area contributed by atoms with Crippen LogP contribution in [0.1, 0.15) is 51.5 Å². The van der Waals surface area contributed by atoms with E-state index in [9.17, 15) is 14.4 Å². The van der Waals surface area contributed by atoms with E-state index in [0.717, 1.165) is 24.8 Å². The Labute approximate surface area is 115 Å². The van der Waals surface area contributed by atoms with Crippen molar-refractivity contribution < 1.29 is 18.9 Å². The predicted octanol–water partition coefficient (Wildman–Crippen LogP) is 3.98. The van der Waals surface area contributed by atoms with Crippen LogP contribution in [0.3, 0.4) is 0 Å². The largest absolute Gasteiger partial charge is 0.470 e. The molecule has 0 bridgehead atoms. The van der Waals surface area contributed by atoms with Crippen molar-refractivity contribution in [2.75, 3.05) is 0 Å². The molecular formula is C14H23O4P. The highest BCUT2D eigenvalue weighted by atomic mass is 31.2. The van der Waals surface area contributed by atoms with Gasteiger partial charge in [0.1, 0.15) is 5.60 Å². The van der Waals surface area contributed by atoms with Gasteiger partial charge in [-0.25, -0.2) is 4.57 Å². The number of phosphoric ester groups is 1. The minimum absolute atomic E-state index is 0.534. The van der Waals surface area contributed by atoms with E-state index >= 15 is 0 Å². The number of rotatable bonds is 8. The SMILES string of the molecule is CCCCCC(CC)(OP(=O)(O)O)c1ccccc1. The zero-order chi connectivity index (χ0) is 14.4. The molecule has 0 aliphatic carbocycles. The van der Waals surface area contributed by atoms with Crippen molar-refractivity contribution in [3.8, 4) is 0 Å². The quantitative estimate of drug-likeness (QED) is 0.560. The molecule has 0 saturated heterocycles. The van der Waals surface area contributed by atoms with Gasteiger partial charge in [-0.1, -0.05) is 63.4 Å². The molecule has 108 valence electrons. The summed E-state index contributed by atoms with van der Waals surface area (Å²) in [6.07, 6.45) is 4.13. The van der Waals surface area contributed by atoms with Crippen LogP contribution in [-0.2, 0) is 14.7 Å². The number of unbranched alkanes of at least 4 members (excludes halogenated alkanes) is 2. The molecule has 4 nitrogen and oxygen atoms in total. The zero-order valence-corrected chi connectivity index (χ0v) is 12.5. The van der Waals surface area contributed by atoms with Gasteiger partial charge in [0.05, 0.1) is 0 Å². The van der Waals surface area contributed by atoms with Crippen LogP contribution >= 0.6 is 7.82 Å². The van der Waals surface area contributed by atoms with Gasteiger partial charge in [0.25, 0.3) is 0 Å². The van der Waals surface area contributed by atoms with Crippen molar-refractivity contribution in [2.24, 2.45) is 0 Å². The normalized spacial score (nSPS) is 15.2. The van der Waals surface area contributed by atoms with E-state index in [1.54, 1.807) is 0 Å². The number of phosphoric acid groups is 1. The van der Waals surface area contributed by atoms with Gasteiger partial charge in [0.2, 0.25) is 0 Å². The predicted molar refractivity (Wildman–Crippen MR) is 75.7 cm³/mol. The maximum Gasteiger partial charge on any atom is 0.470 e. The van der Waals surface area contributed by atoms with Crippen molar-refractivity contribution in [3.63, 3.8) is 0 Å². The Morgan fingerprint density at radius 1 is 1.16 bits per heavy atom. The molecule has 2 N–H and O–H groups in total. The zero-order valence-electron chi connectivity index (χ0n) is 11.6. The summed E-state index contributed by atoms with van der Waals surface area (Å²) < 4.78 is 16.5. The van der Waals surface area contributed by atoms with E-state index in [1.807, 2.05) is 37.3 Å². The molecule has 1 atom stereocenters. The first-order valence-electron chi connectivity index (χ1n) is 6.75. The molecule has 0 saturated carbocycles. The van der Waals surface area contributed by atoms with E-state index in [-0.39, 0.29) is 0 Å². The molecule has 0 aliphatic rings. The lowest BCUT2D eigenvalue weighted by Gasteiger charge is -2.33. The topological polar surface area (TPSA) is 66.8 Å². The van der Waals surface area contributed by atoms with Gasteiger partial charge >= 0.3 is 7.82 Å². The van der Waals surface area contributed by atoms with Gasteiger partial charge in [0.15, 0.2) is 0 Å². The fourth-order valence-electron chi connectivity index (χ4n) is 2.32. The smallest absolute Gasteiger partial charge is 0.303 e. The first-order chi connectivity index (χ1) is 8.93. The van der Waals surface area contributed by atoms with E-state index in [0.29, 0.717) is 12.8 Å². The van der Waals surface area contributed by atoms with Crippen LogP contribution < -0.4 is 0 Å². The highest BCUT2D eigenvalue weighted by Crippen LogP contribution is 2.49. The lowest BCUT2D eigenvalue weighted by molar-refractivity contribution is 0.0168. The summed E-state index contributed by atoms with van der Waals surface area (Å²) in [7, 11) is -4.52. The second kappa shape index (κ2) is 7.20. The summed E-state index contributed by atoms with van der Waals surface area (Å²) >= 11 is 0. The van der Waals surface area contributed by atoms with Gasteiger partial charge < -0.3 is 9.79 Å². The van der Waals surface area contributed by atoms with Crippen LogP contribution in [0.15, 0.2) is 30.3 Å². The van der Waals surface area contributed by atoms with E-state index < -0.39 is 13.4 Å². The van der Waals surface area contributed by atoms with Crippen molar-refractivity contribution >= 4 is 7.82 Å². The van der Waals surface area contributed by atoms with Crippen LogP contribution in [-0.4, -0.2) is 9.79 Å². The van der Waals surface area contributed by atoms with Gasteiger partial charge in [-0.3, -0.25) is 4.52 Å². The molecule has 0 radical (unpaired) electrons.